The van der Waals surface area contributed by atoms with Crippen molar-refractivity contribution in [1.82, 2.24) is 0 Å². The molecule has 0 fully saturated rings. The summed E-state index contributed by atoms with van der Waals surface area (Å²) in [7, 11) is 0. The Hall–Kier alpha value is -0.650. The van der Waals surface area contributed by atoms with Crippen molar-refractivity contribution >= 4 is 0 Å². The Morgan fingerprint density at radius 3 is 2.75 bits per heavy atom. The van der Waals surface area contributed by atoms with Crippen LogP contribution < -0.4 is 0 Å². The highest BCUT2D eigenvalue weighted by Crippen LogP contribution is 2.13. The van der Waals surface area contributed by atoms with E-state index in [1.165, 1.54) is 5.57 Å². The van der Waals surface area contributed by atoms with Gasteiger partial charge in [0.25, 0.3) is 0 Å². The standard InChI is InChI=1S/C8H11/c1-7-4-3-5-8(2)6-7/h3-7H,1-2H3/q+1/t7-/m1/s1. The molecular formula is C8H11+. The van der Waals surface area contributed by atoms with Gasteiger partial charge in [-0.3, -0.25) is 0 Å². The lowest BCUT2D eigenvalue weighted by molar-refractivity contribution is 0.913. The van der Waals surface area contributed by atoms with E-state index in [1.807, 2.05) is 0 Å². The van der Waals surface area contributed by atoms with E-state index < -0.39 is 0 Å². The Bertz CT molecular complexity index is 129. The van der Waals surface area contributed by atoms with Crippen molar-refractivity contribution < 1.29 is 0 Å². The summed E-state index contributed by atoms with van der Waals surface area (Å²) >= 11 is 0. The molecule has 0 saturated carbocycles. The highest BCUT2D eigenvalue weighted by Gasteiger charge is 2.06. The molecule has 0 bridgehead atoms. The number of rotatable bonds is 0. The molecule has 0 unspecified atom stereocenters. The van der Waals surface area contributed by atoms with Gasteiger partial charge in [-0.25, -0.2) is 0 Å². The lowest BCUT2D eigenvalue weighted by atomic mass is 10.0. The maximum atomic E-state index is 2.25. The van der Waals surface area contributed by atoms with Crippen LogP contribution in [0.1, 0.15) is 13.8 Å². The van der Waals surface area contributed by atoms with Crippen molar-refractivity contribution in [3.63, 3.8) is 0 Å². The van der Waals surface area contributed by atoms with Crippen LogP contribution in [0.5, 0.6) is 0 Å². The Kier molecular flexibility index (Phi) is 1.43. The molecule has 0 aromatic heterocycles. The highest BCUT2D eigenvalue weighted by molar-refractivity contribution is 5.26. The summed E-state index contributed by atoms with van der Waals surface area (Å²) < 4.78 is 0. The van der Waals surface area contributed by atoms with E-state index in [1.54, 1.807) is 0 Å². The summed E-state index contributed by atoms with van der Waals surface area (Å²) in [6.45, 7) is 4.31. The van der Waals surface area contributed by atoms with E-state index in [4.69, 9.17) is 0 Å². The van der Waals surface area contributed by atoms with Crippen LogP contribution >= 0.6 is 0 Å². The Balaban J connectivity index is 2.60. The summed E-state index contributed by atoms with van der Waals surface area (Å²) in [5.41, 5.74) is 1.38. The SMILES string of the molecule is CC1=C[C@H](C)C=C[CH+]1. The minimum Gasteiger partial charge on any atom is -0.0316 e. The van der Waals surface area contributed by atoms with Crippen LogP contribution in [-0.4, -0.2) is 0 Å². The molecular weight excluding hydrogens is 96.1 g/mol. The minimum atomic E-state index is 0.639. The third kappa shape index (κ3) is 1.16. The molecule has 1 rings (SSSR count). The average Bonchev–Trinajstić information content (AvgIpc) is 1.64. The van der Waals surface area contributed by atoms with Crippen LogP contribution in [-0.2, 0) is 0 Å². The van der Waals surface area contributed by atoms with Crippen LogP contribution in [0, 0.1) is 12.3 Å². The molecule has 0 nitrogen and oxygen atoms in total. The Labute approximate surface area is 50.9 Å². The molecule has 1 atom stereocenters. The zero-order valence-corrected chi connectivity index (χ0v) is 5.39. The molecule has 0 spiro atoms. The largest absolute Gasteiger partial charge is 0.0802 e. The van der Waals surface area contributed by atoms with Crippen LogP contribution in [0.25, 0.3) is 0 Å². The van der Waals surface area contributed by atoms with Gasteiger partial charge in [-0.2, -0.15) is 0 Å². The van der Waals surface area contributed by atoms with Gasteiger partial charge >= 0.3 is 0 Å². The van der Waals surface area contributed by atoms with Crippen molar-refractivity contribution in [2.24, 2.45) is 5.92 Å². The lowest BCUT2D eigenvalue weighted by Gasteiger charge is -1.97. The van der Waals surface area contributed by atoms with E-state index >= 15 is 0 Å². The molecule has 8 heavy (non-hydrogen) atoms. The van der Waals surface area contributed by atoms with Gasteiger partial charge in [0.2, 0.25) is 0 Å². The second-order valence-corrected chi connectivity index (χ2v) is 2.32. The summed E-state index contributed by atoms with van der Waals surface area (Å²) in [4.78, 5) is 0. The molecule has 0 radical (unpaired) electrons. The quantitative estimate of drug-likeness (QED) is 0.417. The average molecular weight is 107 g/mol. The summed E-state index contributed by atoms with van der Waals surface area (Å²) in [6, 6.07) is 0. The first-order valence-electron chi connectivity index (χ1n) is 2.99. The van der Waals surface area contributed by atoms with E-state index in [0.29, 0.717) is 5.92 Å². The van der Waals surface area contributed by atoms with E-state index in [0.717, 1.165) is 0 Å². The molecule has 0 saturated heterocycles. The molecule has 0 N–H and O–H groups in total. The first-order valence-corrected chi connectivity index (χ1v) is 2.99. The Morgan fingerprint density at radius 1 is 1.62 bits per heavy atom. The zero-order valence-electron chi connectivity index (χ0n) is 5.39. The molecule has 42 valence electrons. The monoisotopic (exact) mass is 107 g/mol. The predicted octanol–water partition coefficient (Wildman–Crippen LogP) is 2.34. The molecule has 0 heteroatoms. The molecule has 1 aliphatic carbocycles. The van der Waals surface area contributed by atoms with Gasteiger partial charge in [0.05, 0.1) is 11.5 Å². The molecule has 0 heterocycles. The summed E-state index contributed by atoms with van der Waals surface area (Å²) in [5, 5.41) is 0. The lowest BCUT2D eigenvalue weighted by Crippen LogP contribution is -1.90. The first-order chi connectivity index (χ1) is 3.79. The van der Waals surface area contributed by atoms with Crippen molar-refractivity contribution in [2.75, 3.05) is 0 Å². The van der Waals surface area contributed by atoms with Gasteiger partial charge in [0.1, 0.15) is 0 Å². The Morgan fingerprint density at radius 2 is 2.38 bits per heavy atom. The third-order valence-corrected chi connectivity index (χ3v) is 1.30. The second kappa shape index (κ2) is 2.08. The highest BCUT2D eigenvalue weighted by atomic mass is 14.0. The van der Waals surface area contributed by atoms with Gasteiger partial charge in [-0.15, -0.1) is 0 Å². The summed E-state index contributed by atoms with van der Waals surface area (Å²) in [5.74, 6) is 0.639. The maximum absolute atomic E-state index is 2.25. The van der Waals surface area contributed by atoms with Gasteiger partial charge in [-0.1, -0.05) is 0 Å². The number of hydrogen-bond acceptors (Lipinski definition) is 0. The molecule has 0 amide bonds. The minimum absolute atomic E-state index is 0.639. The normalized spacial score (nSPS) is 26.8. The van der Waals surface area contributed by atoms with Crippen molar-refractivity contribution in [3.05, 3.63) is 30.2 Å². The molecule has 0 aromatic carbocycles. The fourth-order valence-electron chi connectivity index (χ4n) is 0.908. The van der Waals surface area contributed by atoms with Crippen LogP contribution in [0.4, 0.5) is 0 Å². The number of hydrogen-bond donors (Lipinski definition) is 0. The fourth-order valence-corrected chi connectivity index (χ4v) is 0.908. The van der Waals surface area contributed by atoms with Crippen LogP contribution in [0.3, 0.4) is 0 Å². The number of allylic oxidation sites excluding steroid dienone is 4. The zero-order chi connectivity index (χ0) is 5.98. The topological polar surface area (TPSA) is 0 Å². The van der Waals surface area contributed by atoms with Gasteiger partial charge in [-0.05, 0) is 13.8 Å². The van der Waals surface area contributed by atoms with Gasteiger partial charge in [0, 0.05) is 24.6 Å². The van der Waals surface area contributed by atoms with Crippen molar-refractivity contribution in [1.29, 1.82) is 0 Å². The molecule has 0 aliphatic heterocycles. The summed E-state index contributed by atoms with van der Waals surface area (Å²) in [6.07, 6.45) is 8.67. The smallest absolute Gasteiger partial charge is 0.0316 e. The first kappa shape index (κ1) is 5.49. The second-order valence-electron chi connectivity index (χ2n) is 2.32. The molecule has 0 aromatic rings. The predicted molar refractivity (Wildman–Crippen MR) is 36.4 cm³/mol. The van der Waals surface area contributed by atoms with E-state index in [9.17, 15) is 0 Å². The van der Waals surface area contributed by atoms with Gasteiger partial charge < -0.3 is 0 Å². The van der Waals surface area contributed by atoms with E-state index in [2.05, 4.69) is 38.5 Å². The van der Waals surface area contributed by atoms with E-state index in [-0.39, 0.29) is 0 Å². The molecule has 1 aliphatic rings. The fraction of sp³-hybridized carbons (Fsp3) is 0.375. The van der Waals surface area contributed by atoms with Gasteiger partial charge in [0.15, 0.2) is 0 Å². The van der Waals surface area contributed by atoms with Crippen LogP contribution in [0.15, 0.2) is 23.8 Å². The van der Waals surface area contributed by atoms with Crippen molar-refractivity contribution in [2.45, 2.75) is 13.8 Å². The van der Waals surface area contributed by atoms with Crippen molar-refractivity contribution in [3.8, 4) is 0 Å². The third-order valence-electron chi connectivity index (χ3n) is 1.30. The maximum Gasteiger partial charge on any atom is 0.0802 e. The van der Waals surface area contributed by atoms with Crippen LogP contribution in [0.2, 0.25) is 0 Å².